The number of pyridine rings is 1. The molecule has 0 fully saturated rings. The summed E-state index contributed by atoms with van der Waals surface area (Å²) in [7, 11) is -3.41. The molecule has 0 amide bonds. The van der Waals surface area contributed by atoms with Crippen molar-refractivity contribution >= 4 is 25.8 Å². The van der Waals surface area contributed by atoms with E-state index < -0.39 is 9.84 Å². The van der Waals surface area contributed by atoms with Crippen LogP contribution >= 0.6 is 15.9 Å². The van der Waals surface area contributed by atoms with Gasteiger partial charge in [0.15, 0.2) is 9.84 Å². The van der Waals surface area contributed by atoms with Crippen LogP contribution in [0.4, 0.5) is 0 Å². The maximum absolute atomic E-state index is 12.2. The Morgan fingerprint density at radius 2 is 1.89 bits per heavy atom. The van der Waals surface area contributed by atoms with Gasteiger partial charge in [0, 0.05) is 10.7 Å². The number of nitrogens with zero attached hydrogens (tertiary/aromatic N) is 2. The minimum Gasteiger partial charge on any atom is -0.246 e. The average Bonchev–Trinajstić information content (AvgIpc) is 2.39. The van der Waals surface area contributed by atoms with Crippen LogP contribution in [0.3, 0.4) is 0 Å². The molecule has 2 rings (SSSR count). The summed E-state index contributed by atoms with van der Waals surface area (Å²) in [6.45, 7) is 0. The number of halogens is 1. The normalized spacial score (nSPS) is 10.9. The Hall–Kier alpha value is -1.71. The lowest BCUT2D eigenvalue weighted by molar-refractivity contribution is 0.595. The molecular formula is C13H9BrN2O2S. The summed E-state index contributed by atoms with van der Waals surface area (Å²) in [6.07, 6.45) is 1.44. The lowest BCUT2D eigenvalue weighted by Crippen LogP contribution is -2.05. The second kappa shape index (κ2) is 5.51. The van der Waals surface area contributed by atoms with Gasteiger partial charge in [-0.1, -0.05) is 15.9 Å². The number of aromatic nitrogens is 1. The SMILES string of the molecule is N#Cc1cc(CS(=O)(=O)c2ccc(Br)cc2)ccn1. The highest BCUT2D eigenvalue weighted by Gasteiger charge is 2.15. The maximum atomic E-state index is 12.2. The molecule has 1 heterocycles. The molecule has 0 unspecified atom stereocenters. The number of nitriles is 1. The highest BCUT2D eigenvalue weighted by molar-refractivity contribution is 9.10. The molecule has 19 heavy (non-hydrogen) atoms. The Kier molecular flexibility index (Phi) is 3.98. The molecule has 0 aliphatic carbocycles. The summed E-state index contributed by atoms with van der Waals surface area (Å²) in [5.74, 6) is -0.147. The van der Waals surface area contributed by atoms with Gasteiger partial charge in [0.2, 0.25) is 0 Å². The number of benzene rings is 1. The number of rotatable bonds is 3. The Bertz CT molecular complexity index is 734. The van der Waals surface area contributed by atoms with Crippen LogP contribution in [-0.4, -0.2) is 13.4 Å². The molecule has 1 aromatic heterocycles. The van der Waals surface area contributed by atoms with Crippen molar-refractivity contribution < 1.29 is 8.42 Å². The van der Waals surface area contributed by atoms with E-state index in [-0.39, 0.29) is 16.3 Å². The molecule has 0 saturated carbocycles. The van der Waals surface area contributed by atoms with Gasteiger partial charge in [-0.3, -0.25) is 0 Å². The van der Waals surface area contributed by atoms with E-state index in [1.807, 2.05) is 6.07 Å². The van der Waals surface area contributed by atoms with Gasteiger partial charge in [-0.05, 0) is 42.0 Å². The fourth-order valence-corrected chi connectivity index (χ4v) is 3.17. The van der Waals surface area contributed by atoms with Crippen molar-refractivity contribution in [3.05, 3.63) is 58.3 Å². The first-order valence-corrected chi connectivity index (χ1v) is 7.79. The van der Waals surface area contributed by atoms with Gasteiger partial charge in [0.05, 0.1) is 10.6 Å². The van der Waals surface area contributed by atoms with E-state index in [1.165, 1.54) is 12.3 Å². The van der Waals surface area contributed by atoms with Gasteiger partial charge in [0.1, 0.15) is 11.8 Å². The number of sulfone groups is 1. The molecule has 0 aliphatic heterocycles. The summed E-state index contributed by atoms with van der Waals surface area (Å²) in [5.41, 5.74) is 0.762. The molecule has 0 aliphatic rings. The van der Waals surface area contributed by atoms with E-state index in [1.54, 1.807) is 30.3 Å². The molecular weight excluding hydrogens is 328 g/mol. The van der Waals surface area contributed by atoms with E-state index in [4.69, 9.17) is 5.26 Å². The lowest BCUT2D eigenvalue weighted by Gasteiger charge is -2.05. The zero-order valence-electron chi connectivity index (χ0n) is 9.75. The molecule has 0 radical (unpaired) electrons. The van der Waals surface area contributed by atoms with Crippen LogP contribution in [0, 0.1) is 11.3 Å². The van der Waals surface area contributed by atoms with Crippen LogP contribution < -0.4 is 0 Å². The summed E-state index contributed by atoms with van der Waals surface area (Å²) in [5, 5.41) is 8.74. The monoisotopic (exact) mass is 336 g/mol. The summed E-state index contributed by atoms with van der Waals surface area (Å²) >= 11 is 3.26. The van der Waals surface area contributed by atoms with Crippen molar-refractivity contribution in [3.8, 4) is 6.07 Å². The molecule has 0 N–H and O–H groups in total. The minimum atomic E-state index is -3.41. The van der Waals surface area contributed by atoms with E-state index in [9.17, 15) is 8.42 Å². The van der Waals surface area contributed by atoms with E-state index >= 15 is 0 Å². The summed E-state index contributed by atoms with van der Waals surface area (Å²) < 4.78 is 25.2. The Balaban J connectivity index is 2.31. The van der Waals surface area contributed by atoms with E-state index in [2.05, 4.69) is 20.9 Å². The fraction of sp³-hybridized carbons (Fsp3) is 0.0769. The number of hydrogen-bond acceptors (Lipinski definition) is 4. The van der Waals surface area contributed by atoms with E-state index in [0.29, 0.717) is 5.56 Å². The predicted molar refractivity (Wildman–Crippen MR) is 74.0 cm³/mol. The average molecular weight is 337 g/mol. The van der Waals surface area contributed by atoms with Gasteiger partial charge in [-0.25, -0.2) is 13.4 Å². The van der Waals surface area contributed by atoms with Crippen LogP contribution in [0.2, 0.25) is 0 Å². The highest BCUT2D eigenvalue weighted by atomic mass is 79.9. The topological polar surface area (TPSA) is 70.8 Å². The van der Waals surface area contributed by atoms with Crippen LogP contribution in [0.25, 0.3) is 0 Å². The van der Waals surface area contributed by atoms with Gasteiger partial charge in [-0.15, -0.1) is 0 Å². The first-order valence-electron chi connectivity index (χ1n) is 5.34. The molecule has 0 atom stereocenters. The summed E-state index contributed by atoms with van der Waals surface area (Å²) in [6, 6.07) is 11.4. The van der Waals surface area contributed by atoms with Crippen molar-refractivity contribution in [2.24, 2.45) is 0 Å². The molecule has 4 nitrogen and oxygen atoms in total. The predicted octanol–water partition coefficient (Wildman–Crippen LogP) is 2.69. The molecule has 1 aromatic carbocycles. The maximum Gasteiger partial charge on any atom is 0.182 e. The molecule has 0 saturated heterocycles. The standard InChI is InChI=1S/C13H9BrN2O2S/c14-11-1-3-13(4-2-11)19(17,18)9-10-5-6-16-12(7-10)8-15/h1-7H,9H2. The molecule has 6 heteroatoms. The molecule has 2 aromatic rings. The fourth-order valence-electron chi connectivity index (χ4n) is 1.57. The van der Waals surface area contributed by atoms with Crippen LogP contribution in [-0.2, 0) is 15.6 Å². The van der Waals surface area contributed by atoms with Crippen molar-refractivity contribution in [3.63, 3.8) is 0 Å². The Morgan fingerprint density at radius 3 is 2.53 bits per heavy atom. The Labute approximate surface area is 119 Å². The lowest BCUT2D eigenvalue weighted by atomic mass is 10.2. The first kappa shape index (κ1) is 13.7. The van der Waals surface area contributed by atoms with Gasteiger partial charge in [0.25, 0.3) is 0 Å². The van der Waals surface area contributed by atoms with Gasteiger partial charge < -0.3 is 0 Å². The third kappa shape index (κ3) is 3.40. The number of hydrogen-bond donors (Lipinski definition) is 0. The largest absolute Gasteiger partial charge is 0.246 e. The van der Waals surface area contributed by atoms with Crippen LogP contribution in [0.15, 0.2) is 52.0 Å². The quantitative estimate of drug-likeness (QED) is 0.863. The third-order valence-corrected chi connectivity index (χ3v) is 4.70. The van der Waals surface area contributed by atoms with Gasteiger partial charge in [-0.2, -0.15) is 5.26 Å². The van der Waals surface area contributed by atoms with Crippen molar-refractivity contribution in [1.82, 2.24) is 4.98 Å². The van der Waals surface area contributed by atoms with E-state index in [0.717, 1.165) is 4.47 Å². The molecule has 0 bridgehead atoms. The van der Waals surface area contributed by atoms with Crippen molar-refractivity contribution in [1.29, 1.82) is 5.26 Å². The van der Waals surface area contributed by atoms with Crippen molar-refractivity contribution in [2.45, 2.75) is 10.6 Å². The molecule has 96 valence electrons. The zero-order chi connectivity index (χ0) is 13.9. The zero-order valence-corrected chi connectivity index (χ0v) is 12.1. The second-order valence-corrected chi connectivity index (χ2v) is 6.78. The first-order chi connectivity index (χ1) is 9.01. The van der Waals surface area contributed by atoms with Crippen molar-refractivity contribution in [2.75, 3.05) is 0 Å². The molecule has 0 spiro atoms. The second-order valence-electron chi connectivity index (χ2n) is 3.87. The Morgan fingerprint density at radius 1 is 1.21 bits per heavy atom. The summed E-state index contributed by atoms with van der Waals surface area (Å²) in [4.78, 5) is 4.07. The smallest absolute Gasteiger partial charge is 0.182 e. The minimum absolute atomic E-state index is 0.147. The van der Waals surface area contributed by atoms with Crippen LogP contribution in [0.5, 0.6) is 0 Å². The highest BCUT2D eigenvalue weighted by Crippen LogP contribution is 2.19. The van der Waals surface area contributed by atoms with Crippen LogP contribution in [0.1, 0.15) is 11.3 Å². The van der Waals surface area contributed by atoms with Gasteiger partial charge >= 0.3 is 0 Å². The third-order valence-electron chi connectivity index (χ3n) is 2.47.